The van der Waals surface area contributed by atoms with Gasteiger partial charge in [-0.25, -0.2) is 0 Å². The number of anilines is 1. The van der Waals surface area contributed by atoms with Crippen LogP contribution in [0.3, 0.4) is 0 Å². The zero-order chi connectivity index (χ0) is 17.0. The maximum atomic E-state index is 12.5. The highest BCUT2D eigenvalue weighted by molar-refractivity contribution is 6.03. The lowest BCUT2D eigenvalue weighted by Crippen LogP contribution is -2.44. The predicted molar refractivity (Wildman–Crippen MR) is 93.4 cm³/mol. The Bertz CT molecular complexity index is 707. The van der Waals surface area contributed by atoms with Gasteiger partial charge in [0.2, 0.25) is 11.8 Å². The minimum atomic E-state index is -0.405. The molecule has 0 unspecified atom stereocenters. The zero-order valence-corrected chi connectivity index (χ0v) is 14.0. The van der Waals surface area contributed by atoms with Crippen LogP contribution in [0.1, 0.15) is 6.92 Å². The molecule has 1 N–H and O–H groups in total. The number of nitrogens with one attached hydrogen (secondary N) is 1. The molecule has 0 heterocycles. The standard InChI is InChI=1S/C18H23N3O2/c1-13(21(4)12-17(22)20(2)3)18(23)19-16-11-7-9-14-8-5-6-10-15(14)16/h5-11,13H,12H2,1-4H3,(H,19,23)/t13-/m1/s1. The van der Waals surface area contributed by atoms with E-state index in [1.54, 1.807) is 33.0 Å². The molecule has 2 aromatic rings. The van der Waals surface area contributed by atoms with Crippen molar-refractivity contribution in [2.45, 2.75) is 13.0 Å². The normalized spacial score (nSPS) is 12.2. The SMILES string of the molecule is C[C@H](C(=O)Nc1cccc2ccccc12)N(C)CC(=O)N(C)C. The third-order valence-electron chi connectivity index (χ3n) is 3.97. The van der Waals surface area contributed by atoms with E-state index in [4.69, 9.17) is 0 Å². The van der Waals surface area contributed by atoms with Crippen molar-refractivity contribution in [1.82, 2.24) is 9.80 Å². The van der Waals surface area contributed by atoms with Crippen LogP contribution in [0.2, 0.25) is 0 Å². The number of hydrogen-bond donors (Lipinski definition) is 1. The number of carbonyl (C=O) groups is 2. The first kappa shape index (κ1) is 17.0. The van der Waals surface area contributed by atoms with Gasteiger partial charge in [0.25, 0.3) is 0 Å². The number of amides is 2. The third kappa shape index (κ3) is 4.07. The molecule has 0 fully saturated rings. The molecule has 0 radical (unpaired) electrons. The van der Waals surface area contributed by atoms with Crippen LogP contribution >= 0.6 is 0 Å². The second-order valence-corrected chi connectivity index (χ2v) is 5.90. The summed E-state index contributed by atoms with van der Waals surface area (Å²) in [4.78, 5) is 27.5. The lowest BCUT2D eigenvalue weighted by atomic mass is 10.1. The predicted octanol–water partition coefficient (Wildman–Crippen LogP) is 2.19. The largest absolute Gasteiger partial charge is 0.348 e. The van der Waals surface area contributed by atoms with Gasteiger partial charge in [0.15, 0.2) is 0 Å². The molecule has 5 heteroatoms. The molecule has 1 atom stereocenters. The molecule has 0 spiro atoms. The summed E-state index contributed by atoms with van der Waals surface area (Å²) < 4.78 is 0. The summed E-state index contributed by atoms with van der Waals surface area (Å²) in [5.74, 6) is -0.160. The third-order valence-corrected chi connectivity index (χ3v) is 3.97. The molecule has 2 aromatic carbocycles. The van der Waals surface area contributed by atoms with Gasteiger partial charge in [-0.1, -0.05) is 36.4 Å². The van der Waals surface area contributed by atoms with Crippen molar-refractivity contribution >= 4 is 28.3 Å². The van der Waals surface area contributed by atoms with Gasteiger partial charge in [0.05, 0.1) is 12.6 Å². The van der Waals surface area contributed by atoms with Crippen LogP contribution in [-0.2, 0) is 9.59 Å². The fourth-order valence-electron chi connectivity index (χ4n) is 2.26. The van der Waals surface area contributed by atoms with Gasteiger partial charge in [0.1, 0.15) is 0 Å². The molecule has 0 aromatic heterocycles. The first-order valence-electron chi connectivity index (χ1n) is 7.59. The van der Waals surface area contributed by atoms with E-state index in [0.717, 1.165) is 16.5 Å². The van der Waals surface area contributed by atoms with Crippen molar-refractivity contribution in [2.75, 3.05) is 33.0 Å². The molecule has 0 saturated heterocycles. The van der Waals surface area contributed by atoms with Crippen molar-refractivity contribution < 1.29 is 9.59 Å². The highest BCUT2D eigenvalue weighted by Gasteiger charge is 2.21. The lowest BCUT2D eigenvalue weighted by Gasteiger charge is -2.24. The van der Waals surface area contributed by atoms with E-state index in [9.17, 15) is 9.59 Å². The molecular weight excluding hydrogens is 290 g/mol. The van der Waals surface area contributed by atoms with E-state index in [2.05, 4.69) is 5.32 Å². The summed E-state index contributed by atoms with van der Waals surface area (Å²) in [7, 11) is 5.18. The molecule has 5 nitrogen and oxygen atoms in total. The van der Waals surface area contributed by atoms with Gasteiger partial charge in [-0.3, -0.25) is 14.5 Å². The Morgan fingerprint density at radius 3 is 2.39 bits per heavy atom. The van der Waals surface area contributed by atoms with Crippen molar-refractivity contribution in [1.29, 1.82) is 0 Å². The van der Waals surface area contributed by atoms with Crippen molar-refractivity contribution in [3.05, 3.63) is 42.5 Å². The Kier molecular flexibility index (Phi) is 5.34. The Labute approximate surface area is 136 Å². The van der Waals surface area contributed by atoms with Gasteiger partial charge >= 0.3 is 0 Å². The van der Waals surface area contributed by atoms with E-state index in [1.807, 2.05) is 42.5 Å². The van der Waals surface area contributed by atoms with Gasteiger partial charge in [-0.15, -0.1) is 0 Å². The monoisotopic (exact) mass is 313 g/mol. The number of likely N-dealkylation sites (N-methyl/N-ethyl adjacent to an activating group) is 2. The Hall–Kier alpha value is -2.40. The van der Waals surface area contributed by atoms with Crippen molar-refractivity contribution in [2.24, 2.45) is 0 Å². The molecule has 122 valence electrons. The molecule has 2 amide bonds. The van der Waals surface area contributed by atoms with E-state index in [1.165, 1.54) is 4.90 Å². The van der Waals surface area contributed by atoms with Crippen LogP contribution in [0.5, 0.6) is 0 Å². The first-order chi connectivity index (χ1) is 10.9. The van der Waals surface area contributed by atoms with Crippen molar-refractivity contribution in [3.8, 4) is 0 Å². The highest BCUT2D eigenvalue weighted by Crippen LogP contribution is 2.23. The molecule has 23 heavy (non-hydrogen) atoms. The van der Waals surface area contributed by atoms with Gasteiger partial charge in [-0.05, 0) is 25.4 Å². The number of carbonyl (C=O) groups excluding carboxylic acids is 2. The maximum Gasteiger partial charge on any atom is 0.241 e. The average Bonchev–Trinajstić information content (AvgIpc) is 2.54. The Morgan fingerprint density at radius 1 is 1.04 bits per heavy atom. The van der Waals surface area contributed by atoms with E-state index in [-0.39, 0.29) is 18.4 Å². The Balaban J connectivity index is 2.10. The smallest absolute Gasteiger partial charge is 0.241 e. The first-order valence-corrected chi connectivity index (χ1v) is 7.59. The van der Waals surface area contributed by atoms with Crippen LogP contribution in [0.15, 0.2) is 42.5 Å². The number of benzene rings is 2. The second kappa shape index (κ2) is 7.24. The zero-order valence-electron chi connectivity index (χ0n) is 14.0. The fourth-order valence-corrected chi connectivity index (χ4v) is 2.26. The van der Waals surface area contributed by atoms with Crippen molar-refractivity contribution in [3.63, 3.8) is 0 Å². The van der Waals surface area contributed by atoms with Crippen LogP contribution in [0.25, 0.3) is 10.8 Å². The van der Waals surface area contributed by atoms with Crippen LogP contribution in [-0.4, -0.2) is 55.3 Å². The molecule has 0 saturated carbocycles. The topological polar surface area (TPSA) is 52.7 Å². The quantitative estimate of drug-likeness (QED) is 0.920. The maximum absolute atomic E-state index is 12.5. The number of nitrogens with zero attached hydrogens (tertiary/aromatic N) is 2. The lowest BCUT2D eigenvalue weighted by molar-refractivity contribution is -0.131. The molecule has 2 rings (SSSR count). The summed E-state index contributed by atoms with van der Waals surface area (Å²) in [5.41, 5.74) is 0.785. The summed E-state index contributed by atoms with van der Waals surface area (Å²) >= 11 is 0. The van der Waals surface area contributed by atoms with Gasteiger partial charge in [0, 0.05) is 25.2 Å². The van der Waals surface area contributed by atoms with Crippen LogP contribution in [0.4, 0.5) is 5.69 Å². The van der Waals surface area contributed by atoms with Crippen LogP contribution in [0, 0.1) is 0 Å². The van der Waals surface area contributed by atoms with E-state index in [0.29, 0.717) is 0 Å². The summed E-state index contributed by atoms with van der Waals surface area (Å²) in [6.45, 7) is 2.00. The van der Waals surface area contributed by atoms with Gasteiger partial charge < -0.3 is 10.2 Å². The minimum absolute atomic E-state index is 0.0303. The number of hydrogen-bond acceptors (Lipinski definition) is 3. The van der Waals surface area contributed by atoms with Gasteiger partial charge in [-0.2, -0.15) is 0 Å². The summed E-state index contributed by atoms with van der Waals surface area (Å²) in [5, 5.41) is 5.04. The molecule has 0 aliphatic carbocycles. The summed E-state index contributed by atoms with van der Waals surface area (Å²) in [6, 6.07) is 13.3. The highest BCUT2D eigenvalue weighted by atomic mass is 16.2. The second-order valence-electron chi connectivity index (χ2n) is 5.90. The van der Waals surface area contributed by atoms with E-state index >= 15 is 0 Å². The average molecular weight is 313 g/mol. The Morgan fingerprint density at radius 2 is 1.70 bits per heavy atom. The van der Waals surface area contributed by atoms with Crippen LogP contribution < -0.4 is 5.32 Å². The number of rotatable bonds is 5. The molecule has 0 aliphatic heterocycles. The number of fused-ring (bicyclic) bond motifs is 1. The van der Waals surface area contributed by atoms with E-state index < -0.39 is 6.04 Å². The minimum Gasteiger partial charge on any atom is -0.348 e. The fraction of sp³-hybridized carbons (Fsp3) is 0.333. The summed E-state index contributed by atoms with van der Waals surface area (Å²) in [6.07, 6.45) is 0. The molecule has 0 bridgehead atoms. The molecular formula is C18H23N3O2. The molecule has 0 aliphatic rings.